The molecule has 0 fully saturated rings. The van der Waals surface area contributed by atoms with Gasteiger partial charge in [0.15, 0.2) is 11.6 Å². The quantitative estimate of drug-likeness (QED) is 0.624. The van der Waals surface area contributed by atoms with E-state index in [4.69, 9.17) is 4.42 Å². The van der Waals surface area contributed by atoms with Crippen LogP contribution in [0.4, 0.5) is 11.6 Å². The maximum absolute atomic E-state index is 10.4. The van der Waals surface area contributed by atoms with Crippen molar-refractivity contribution in [2.24, 2.45) is 0 Å². The van der Waals surface area contributed by atoms with Crippen molar-refractivity contribution >= 4 is 11.6 Å². The molecule has 1 N–H and O–H groups in total. The third kappa shape index (κ3) is 1.83. The summed E-state index contributed by atoms with van der Waals surface area (Å²) >= 11 is 0. The van der Waals surface area contributed by atoms with E-state index in [0.717, 1.165) is 5.69 Å². The molecule has 0 spiro atoms. The van der Waals surface area contributed by atoms with Gasteiger partial charge in [-0.1, -0.05) is 0 Å². The van der Waals surface area contributed by atoms with Crippen LogP contribution in [0.25, 0.3) is 11.6 Å². The van der Waals surface area contributed by atoms with Gasteiger partial charge in [0, 0.05) is 7.05 Å². The molecule has 0 aliphatic rings. The lowest BCUT2D eigenvalue weighted by molar-refractivity contribution is -0.401. The molecule has 16 heavy (non-hydrogen) atoms. The van der Waals surface area contributed by atoms with E-state index in [1.54, 1.807) is 19.4 Å². The first-order valence-corrected chi connectivity index (χ1v) is 4.45. The van der Waals surface area contributed by atoms with Crippen molar-refractivity contribution < 1.29 is 9.34 Å². The molecule has 0 aliphatic heterocycles. The molecule has 7 nitrogen and oxygen atoms in total. The van der Waals surface area contributed by atoms with Gasteiger partial charge in [-0.3, -0.25) is 10.1 Å². The van der Waals surface area contributed by atoms with Gasteiger partial charge in [-0.15, -0.1) is 0 Å². The predicted octanol–water partition coefficient (Wildman–Crippen LogP) is 1.69. The van der Waals surface area contributed by atoms with E-state index in [1.165, 1.54) is 12.1 Å². The standard InChI is InChI=1S/C9H8N4O3/c1-10-6-4-11-9(12-5-6)7-2-3-8(16-7)13(14)15/h2-5,10H,1H3. The van der Waals surface area contributed by atoms with E-state index in [0.29, 0.717) is 5.82 Å². The minimum absolute atomic E-state index is 0.273. The van der Waals surface area contributed by atoms with Crippen LogP contribution in [0.1, 0.15) is 0 Å². The fourth-order valence-corrected chi connectivity index (χ4v) is 1.13. The molecule has 2 rings (SSSR count). The summed E-state index contributed by atoms with van der Waals surface area (Å²) < 4.78 is 4.96. The number of nitrogens with zero attached hydrogens (tertiary/aromatic N) is 3. The predicted molar refractivity (Wildman–Crippen MR) is 55.9 cm³/mol. The molecular formula is C9H8N4O3. The number of rotatable bonds is 3. The maximum atomic E-state index is 10.4. The van der Waals surface area contributed by atoms with Crippen molar-refractivity contribution in [3.63, 3.8) is 0 Å². The van der Waals surface area contributed by atoms with Crippen molar-refractivity contribution in [1.29, 1.82) is 0 Å². The molecule has 0 amide bonds. The molecule has 0 bridgehead atoms. The lowest BCUT2D eigenvalue weighted by atomic mass is 10.4. The summed E-state index contributed by atoms with van der Waals surface area (Å²) in [7, 11) is 1.75. The van der Waals surface area contributed by atoms with Crippen LogP contribution in [0.2, 0.25) is 0 Å². The van der Waals surface area contributed by atoms with E-state index < -0.39 is 4.92 Å². The third-order valence-corrected chi connectivity index (χ3v) is 1.93. The zero-order valence-electron chi connectivity index (χ0n) is 8.38. The second kappa shape index (κ2) is 3.97. The highest BCUT2D eigenvalue weighted by molar-refractivity contribution is 5.50. The highest BCUT2D eigenvalue weighted by Gasteiger charge is 2.14. The molecular weight excluding hydrogens is 212 g/mol. The van der Waals surface area contributed by atoms with E-state index >= 15 is 0 Å². The Bertz CT molecular complexity index is 506. The summed E-state index contributed by atoms with van der Waals surface area (Å²) in [4.78, 5) is 17.8. The molecule has 82 valence electrons. The van der Waals surface area contributed by atoms with Crippen LogP contribution in [-0.4, -0.2) is 21.9 Å². The zero-order chi connectivity index (χ0) is 11.5. The second-order valence-corrected chi connectivity index (χ2v) is 2.94. The van der Waals surface area contributed by atoms with Gasteiger partial charge in [0.2, 0.25) is 0 Å². The molecule has 0 aliphatic carbocycles. The van der Waals surface area contributed by atoms with Crippen LogP contribution < -0.4 is 5.32 Å². The minimum Gasteiger partial charge on any atom is -0.397 e. The van der Waals surface area contributed by atoms with Crippen LogP contribution in [0, 0.1) is 10.1 Å². The molecule has 2 aromatic heterocycles. The topological polar surface area (TPSA) is 94.1 Å². The van der Waals surface area contributed by atoms with Gasteiger partial charge in [0.25, 0.3) is 0 Å². The van der Waals surface area contributed by atoms with E-state index in [-0.39, 0.29) is 11.6 Å². The van der Waals surface area contributed by atoms with E-state index in [2.05, 4.69) is 15.3 Å². The third-order valence-electron chi connectivity index (χ3n) is 1.93. The van der Waals surface area contributed by atoms with Crippen molar-refractivity contribution in [2.75, 3.05) is 12.4 Å². The summed E-state index contributed by atoms with van der Waals surface area (Å²) in [6, 6.07) is 2.73. The lowest BCUT2D eigenvalue weighted by Crippen LogP contribution is -1.92. The van der Waals surface area contributed by atoms with Crippen LogP contribution >= 0.6 is 0 Å². The number of hydrogen-bond donors (Lipinski definition) is 1. The fraction of sp³-hybridized carbons (Fsp3) is 0.111. The first kappa shape index (κ1) is 10.1. The Hall–Kier alpha value is -2.44. The summed E-state index contributed by atoms with van der Waals surface area (Å²) in [5.74, 6) is 0.262. The molecule has 2 aromatic rings. The Labute approximate surface area is 90.3 Å². The first-order chi connectivity index (χ1) is 7.70. The Balaban J connectivity index is 2.31. The summed E-state index contributed by atoms with van der Waals surface area (Å²) in [5, 5.41) is 13.3. The highest BCUT2D eigenvalue weighted by Crippen LogP contribution is 2.23. The van der Waals surface area contributed by atoms with Gasteiger partial charge >= 0.3 is 5.88 Å². The lowest BCUT2D eigenvalue weighted by Gasteiger charge is -1.98. The van der Waals surface area contributed by atoms with Crippen LogP contribution in [0.15, 0.2) is 28.9 Å². The highest BCUT2D eigenvalue weighted by atomic mass is 16.6. The van der Waals surface area contributed by atoms with Crippen LogP contribution in [0.3, 0.4) is 0 Å². The number of aromatic nitrogens is 2. The summed E-state index contributed by atoms with van der Waals surface area (Å²) in [6.45, 7) is 0. The molecule has 0 unspecified atom stereocenters. The average molecular weight is 220 g/mol. The van der Waals surface area contributed by atoms with Gasteiger partial charge in [0.1, 0.15) is 4.92 Å². The van der Waals surface area contributed by atoms with Gasteiger partial charge < -0.3 is 9.73 Å². The Morgan fingerprint density at radius 1 is 1.38 bits per heavy atom. The largest absolute Gasteiger partial charge is 0.433 e. The maximum Gasteiger partial charge on any atom is 0.433 e. The summed E-state index contributed by atoms with van der Waals surface area (Å²) in [6.07, 6.45) is 3.13. The molecule has 0 saturated heterocycles. The molecule has 0 radical (unpaired) electrons. The smallest absolute Gasteiger partial charge is 0.397 e. The number of furan rings is 1. The zero-order valence-corrected chi connectivity index (χ0v) is 8.38. The first-order valence-electron chi connectivity index (χ1n) is 4.45. The molecule has 2 heterocycles. The fourth-order valence-electron chi connectivity index (χ4n) is 1.13. The van der Waals surface area contributed by atoms with Gasteiger partial charge in [-0.25, -0.2) is 9.97 Å². The molecule has 0 aromatic carbocycles. The van der Waals surface area contributed by atoms with Crippen LogP contribution in [0.5, 0.6) is 0 Å². The number of nitrogens with one attached hydrogen (secondary N) is 1. The van der Waals surface area contributed by atoms with Crippen molar-refractivity contribution in [3.05, 3.63) is 34.6 Å². The van der Waals surface area contributed by atoms with Crippen molar-refractivity contribution in [2.45, 2.75) is 0 Å². The summed E-state index contributed by atoms with van der Waals surface area (Å²) in [5.41, 5.74) is 0.754. The Morgan fingerprint density at radius 3 is 2.56 bits per heavy atom. The van der Waals surface area contributed by atoms with Crippen molar-refractivity contribution in [1.82, 2.24) is 9.97 Å². The Kier molecular flexibility index (Phi) is 2.50. The Morgan fingerprint density at radius 2 is 2.06 bits per heavy atom. The van der Waals surface area contributed by atoms with Gasteiger partial charge in [-0.2, -0.15) is 0 Å². The van der Waals surface area contributed by atoms with E-state index in [9.17, 15) is 10.1 Å². The molecule has 7 heteroatoms. The normalized spacial score (nSPS) is 10.1. The number of anilines is 1. The SMILES string of the molecule is CNc1cnc(-c2ccc([N+](=O)[O-])o2)nc1. The number of nitro groups is 1. The molecule has 0 atom stereocenters. The van der Waals surface area contributed by atoms with Crippen molar-refractivity contribution in [3.8, 4) is 11.6 Å². The average Bonchev–Trinajstić information content (AvgIpc) is 2.78. The monoisotopic (exact) mass is 220 g/mol. The van der Waals surface area contributed by atoms with Crippen LogP contribution in [-0.2, 0) is 0 Å². The number of hydrogen-bond acceptors (Lipinski definition) is 6. The minimum atomic E-state index is -0.606. The van der Waals surface area contributed by atoms with Gasteiger partial charge in [-0.05, 0) is 6.07 Å². The molecule has 0 saturated carbocycles. The second-order valence-electron chi connectivity index (χ2n) is 2.94. The van der Waals surface area contributed by atoms with E-state index in [1.807, 2.05) is 0 Å². The van der Waals surface area contributed by atoms with Gasteiger partial charge in [0.05, 0.1) is 24.1 Å².